The second-order valence-electron chi connectivity index (χ2n) is 0. The van der Waals surface area contributed by atoms with Crippen molar-refractivity contribution in [3.05, 3.63) is 0 Å². The Balaban J connectivity index is 0. The Morgan fingerprint density at radius 1 is 1.00 bits per heavy atom. The summed E-state index contributed by atoms with van der Waals surface area (Å²) in [7, 11) is 0. The maximum atomic E-state index is 0. The topological polar surface area (TPSA) is 28.5 Å². The SMILES string of the molecule is [Al+3].[Cu+2].[Ni+2].[O-2]. The third-order valence-corrected chi connectivity index (χ3v) is 0. The molecule has 0 saturated carbocycles. The standard InChI is InChI=1S/Al.Cu.Ni.O/q+3;2*+2;-2. The number of hydrogen-bond donors (Lipinski definition) is 0. The van der Waals surface area contributed by atoms with Crippen LogP contribution in [-0.2, 0) is 39.0 Å². The molecule has 0 aliphatic carbocycles. The average molecular weight is 165 g/mol. The Kier molecular flexibility index (Phi) is 301. The van der Waals surface area contributed by atoms with Crippen molar-refractivity contribution in [2.45, 2.75) is 0 Å². The maximum Gasteiger partial charge on any atom is 3.00 e. The van der Waals surface area contributed by atoms with E-state index in [1.165, 1.54) is 0 Å². The molecule has 0 bridgehead atoms. The zero-order valence-electron chi connectivity index (χ0n) is 1.60. The van der Waals surface area contributed by atoms with E-state index in [0.29, 0.717) is 0 Å². The van der Waals surface area contributed by atoms with Gasteiger partial charge in [-0.1, -0.05) is 0 Å². The fraction of sp³-hybridized carbons (Fsp3) is 0. The fourth-order valence-electron chi connectivity index (χ4n) is 0. The fourth-order valence-corrected chi connectivity index (χ4v) is 0. The zero-order valence-corrected chi connectivity index (χ0v) is 4.69. The smallest absolute Gasteiger partial charge is 2.00 e. The van der Waals surface area contributed by atoms with E-state index in [4.69, 9.17) is 0 Å². The first-order chi connectivity index (χ1) is 0. The Bertz CT molecular complexity index is 8.00. The van der Waals surface area contributed by atoms with Gasteiger partial charge in [0.2, 0.25) is 0 Å². The molecule has 0 spiro atoms. The first-order valence-electron chi connectivity index (χ1n) is 0. The summed E-state index contributed by atoms with van der Waals surface area (Å²) >= 11 is 0. The summed E-state index contributed by atoms with van der Waals surface area (Å²) in [4.78, 5) is 0. The normalized spacial score (nSPS) is 0. The van der Waals surface area contributed by atoms with Crippen molar-refractivity contribution in [3.8, 4) is 0 Å². The minimum Gasteiger partial charge on any atom is -2.00 e. The van der Waals surface area contributed by atoms with Gasteiger partial charge in [-0.25, -0.2) is 0 Å². The van der Waals surface area contributed by atoms with Gasteiger partial charge < -0.3 is 5.48 Å². The van der Waals surface area contributed by atoms with E-state index in [0.717, 1.165) is 0 Å². The molecular weight excluding hydrogens is 165 g/mol. The monoisotopic (exact) mass is 164 g/mol. The largest absolute Gasteiger partial charge is 3.00 e. The van der Waals surface area contributed by atoms with Crippen molar-refractivity contribution in [1.82, 2.24) is 0 Å². The Morgan fingerprint density at radius 2 is 1.00 bits per heavy atom. The van der Waals surface area contributed by atoms with Crippen LogP contribution in [0.15, 0.2) is 0 Å². The molecule has 0 saturated heterocycles. The minimum atomic E-state index is 0. The van der Waals surface area contributed by atoms with E-state index in [2.05, 4.69) is 0 Å². The molecule has 1 nitrogen and oxygen atoms in total. The first kappa shape index (κ1) is 49.3. The predicted molar refractivity (Wildman–Crippen MR) is 6.44 cm³/mol. The van der Waals surface area contributed by atoms with Gasteiger partial charge in [0, 0.05) is 0 Å². The van der Waals surface area contributed by atoms with Crippen LogP contribution < -0.4 is 0 Å². The molecule has 0 amide bonds. The van der Waals surface area contributed by atoms with Gasteiger partial charge >= 0.3 is 50.9 Å². The van der Waals surface area contributed by atoms with E-state index in [9.17, 15) is 0 Å². The van der Waals surface area contributed by atoms with Crippen molar-refractivity contribution in [1.29, 1.82) is 0 Å². The van der Waals surface area contributed by atoms with Crippen LogP contribution in [0, 0.1) is 0 Å². The van der Waals surface area contributed by atoms with Crippen molar-refractivity contribution in [2.75, 3.05) is 0 Å². The van der Waals surface area contributed by atoms with Gasteiger partial charge in [-0.15, -0.1) is 0 Å². The molecule has 4 heavy (non-hydrogen) atoms. The molecule has 0 heterocycles. The van der Waals surface area contributed by atoms with E-state index < -0.39 is 0 Å². The van der Waals surface area contributed by atoms with Gasteiger partial charge in [0.05, 0.1) is 0 Å². The van der Waals surface area contributed by atoms with Crippen LogP contribution in [0.3, 0.4) is 0 Å². The molecule has 0 aromatic rings. The van der Waals surface area contributed by atoms with Gasteiger partial charge in [0.1, 0.15) is 0 Å². The Labute approximate surface area is 56.4 Å². The van der Waals surface area contributed by atoms with E-state index in [1.54, 1.807) is 0 Å². The number of rotatable bonds is 0. The van der Waals surface area contributed by atoms with E-state index in [-0.39, 0.29) is 56.4 Å². The summed E-state index contributed by atoms with van der Waals surface area (Å²) in [5, 5.41) is 0. The summed E-state index contributed by atoms with van der Waals surface area (Å²) in [6.45, 7) is 0. The van der Waals surface area contributed by atoms with Gasteiger partial charge in [-0.05, 0) is 0 Å². The van der Waals surface area contributed by atoms with Gasteiger partial charge in [0.25, 0.3) is 0 Å². The summed E-state index contributed by atoms with van der Waals surface area (Å²) in [5.41, 5.74) is 0. The zero-order chi connectivity index (χ0) is 0. The van der Waals surface area contributed by atoms with Gasteiger partial charge in [-0.3, -0.25) is 0 Å². The summed E-state index contributed by atoms with van der Waals surface area (Å²) in [6, 6.07) is 0. The molecule has 0 aromatic carbocycles. The molecule has 0 aliphatic heterocycles. The second-order valence-corrected chi connectivity index (χ2v) is 0. The van der Waals surface area contributed by atoms with Gasteiger partial charge in [-0.2, -0.15) is 0 Å². The molecule has 0 N–H and O–H groups in total. The molecule has 4 heteroatoms. The molecular formula is AlCuNiO+5. The molecule has 1 radical (unpaired) electrons. The molecule has 0 rings (SSSR count). The van der Waals surface area contributed by atoms with Crippen molar-refractivity contribution < 1.29 is 39.0 Å². The summed E-state index contributed by atoms with van der Waals surface area (Å²) in [5.74, 6) is 0. The number of hydrogen-bond acceptors (Lipinski definition) is 0. The van der Waals surface area contributed by atoms with Crippen LogP contribution in [0.5, 0.6) is 0 Å². The molecule has 0 unspecified atom stereocenters. The minimum absolute atomic E-state index is 0. The molecule has 25 valence electrons. The molecule has 0 aliphatic rings. The van der Waals surface area contributed by atoms with Crippen LogP contribution >= 0.6 is 0 Å². The third kappa shape index (κ3) is 9.71. The first-order valence-corrected chi connectivity index (χ1v) is 0. The average Bonchev–Trinajstić information content (AvgIpc) is 0. The van der Waals surface area contributed by atoms with Crippen LogP contribution in [-0.4, -0.2) is 17.4 Å². The molecule has 0 fully saturated rings. The second kappa shape index (κ2) is 24.4. The van der Waals surface area contributed by atoms with Crippen LogP contribution in [0.25, 0.3) is 0 Å². The van der Waals surface area contributed by atoms with Crippen LogP contribution in [0.1, 0.15) is 0 Å². The van der Waals surface area contributed by atoms with Gasteiger partial charge in [0.15, 0.2) is 0 Å². The molecule has 0 aromatic heterocycles. The summed E-state index contributed by atoms with van der Waals surface area (Å²) in [6.07, 6.45) is 0. The van der Waals surface area contributed by atoms with E-state index >= 15 is 0 Å². The summed E-state index contributed by atoms with van der Waals surface area (Å²) < 4.78 is 0. The molecule has 0 atom stereocenters. The Hall–Kier alpha value is 1.51. The van der Waals surface area contributed by atoms with Crippen molar-refractivity contribution in [3.63, 3.8) is 0 Å². The van der Waals surface area contributed by atoms with Crippen molar-refractivity contribution >= 4 is 17.4 Å². The third-order valence-electron chi connectivity index (χ3n) is 0. The van der Waals surface area contributed by atoms with Crippen molar-refractivity contribution in [2.24, 2.45) is 0 Å². The Morgan fingerprint density at radius 3 is 1.00 bits per heavy atom. The van der Waals surface area contributed by atoms with Crippen LogP contribution in [0.2, 0.25) is 0 Å². The van der Waals surface area contributed by atoms with E-state index in [1.807, 2.05) is 0 Å². The quantitative estimate of drug-likeness (QED) is 0.433. The maximum absolute atomic E-state index is 0. The van der Waals surface area contributed by atoms with Crippen LogP contribution in [0.4, 0.5) is 0 Å². The predicted octanol–water partition coefficient (Wildman–Crippen LogP) is -0.505.